The molecule has 0 aliphatic heterocycles. The van der Waals surface area contributed by atoms with Crippen LogP contribution in [0.5, 0.6) is 0 Å². The fraction of sp³-hybridized carbons (Fsp3) is 0.125. The number of carboxylic acids is 1. The summed E-state index contributed by atoms with van der Waals surface area (Å²) in [5, 5.41) is 13.1. The summed E-state index contributed by atoms with van der Waals surface area (Å²) >= 11 is 0. The van der Waals surface area contributed by atoms with Crippen molar-refractivity contribution in [1.82, 2.24) is 4.98 Å². The number of carbonyl (C=O) groups is 1. The van der Waals surface area contributed by atoms with Gasteiger partial charge in [0.2, 0.25) is 0 Å². The Morgan fingerprint density at radius 1 is 1.29 bits per heavy atom. The van der Waals surface area contributed by atoms with E-state index in [0.717, 1.165) is 5.76 Å². The normalized spacial score (nSPS) is 12.2. The molecule has 2 heterocycles. The van der Waals surface area contributed by atoms with Gasteiger partial charge in [0, 0.05) is 5.39 Å². The lowest BCUT2D eigenvalue weighted by Crippen LogP contribution is -2.09. The predicted molar refractivity (Wildman–Crippen MR) is 79.4 cm³/mol. The summed E-state index contributed by atoms with van der Waals surface area (Å²) < 4.78 is 5.33. The second-order valence-corrected chi connectivity index (χ2v) is 4.76. The van der Waals surface area contributed by atoms with E-state index in [1.54, 1.807) is 30.5 Å². The molecule has 0 saturated carbocycles. The van der Waals surface area contributed by atoms with Crippen molar-refractivity contribution in [2.24, 2.45) is 0 Å². The van der Waals surface area contributed by atoms with E-state index >= 15 is 0 Å². The number of hydrogen-bond donors (Lipinski definition) is 2. The van der Waals surface area contributed by atoms with Crippen molar-refractivity contribution >= 4 is 22.7 Å². The molecule has 3 rings (SSSR count). The van der Waals surface area contributed by atoms with Crippen LogP contribution in [-0.4, -0.2) is 16.1 Å². The van der Waals surface area contributed by atoms with Gasteiger partial charge in [-0.15, -0.1) is 0 Å². The van der Waals surface area contributed by atoms with Gasteiger partial charge in [-0.25, -0.2) is 9.78 Å². The number of benzene rings is 1. The molecule has 5 nitrogen and oxygen atoms in total. The largest absolute Gasteiger partial charge is 0.478 e. The van der Waals surface area contributed by atoms with E-state index in [0.29, 0.717) is 16.7 Å². The van der Waals surface area contributed by atoms with E-state index in [4.69, 9.17) is 4.42 Å². The highest BCUT2D eigenvalue weighted by atomic mass is 16.4. The van der Waals surface area contributed by atoms with Gasteiger partial charge in [0.1, 0.15) is 11.6 Å². The zero-order chi connectivity index (χ0) is 14.8. The molecule has 5 heteroatoms. The molecule has 1 unspecified atom stereocenters. The van der Waals surface area contributed by atoms with Crippen molar-refractivity contribution in [3.05, 3.63) is 60.1 Å². The van der Waals surface area contributed by atoms with Crippen LogP contribution < -0.4 is 5.32 Å². The Kier molecular flexibility index (Phi) is 3.31. The maximum absolute atomic E-state index is 11.4. The Bertz CT molecular complexity index is 781. The lowest BCUT2D eigenvalue weighted by molar-refractivity contribution is 0.0699. The van der Waals surface area contributed by atoms with Crippen LogP contribution >= 0.6 is 0 Å². The first kappa shape index (κ1) is 13.2. The first-order chi connectivity index (χ1) is 10.1. The monoisotopic (exact) mass is 282 g/mol. The van der Waals surface area contributed by atoms with Crippen LogP contribution in [0.3, 0.4) is 0 Å². The van der Waals surface area contributed by atoms with Gasteiger partial charge in [-0.2, -0.15) is 0 Å². The maximum Gasteiger partial charge on any atom is 0.336 e. The fourth-order valence-electron chi connectivity index (χ4n) is 2.26. The topological polar surface area (TPSA) is 75.4 Å². The van der Waals surface area contributed by atoms with Crippen molar-refractivity contribution in [2.45, 2.75) is 13.0 Å². The molecule has 0 amide bonds. The molecule has 21 heavy (non-hydrogen) atoms. The summed E-state index contributed by atoms with van der Waals surface area (Å²) in [5.74, 6) is 0.305. The molecule has 0 saturated heterocycles. The van der Waals surface area contributed by atoms with E-state index in [2.05, 4.69) is 10.3 Å². The molecule has 1 atom stereocenters. The van der Waals surface area contributed by atoms with Gasteiger partial charge in [0.05, 0.1) is 23.4 Å². The minimum atomic E-state index is -0.970. The van der Waals surface area contributed by atoms with Gasteiger partial charge in [-0.1, -0.05) is 18.2 Å². The number of aromatic nitrogens is 1. The summed E-state index contributed by atoms with van der Waals surface area (Å²) in [6.45, 7) is 1.93. The van der Waals surface area contributed by atoms with Gasteiger partial charge in [-0.3, -0.25) is 0 Å². The van der Waals surface area contributed by atoms with Gasteiger partial charge in [0.25, 0.3) is 0 Å². The third kappa shape index (κ3) is 2.58. The fourth-order valence-corrected chi connectivity index (χ4v) is 2.26. The van der Waals surface area contributed by atoms with Crippen LogP contribution in [0.2, 0.25) is 0 Å². The summed E-state index contributed by atoms with van der Waals surface area (Å²) in [4.78, 5) is 15.9. The van der Waals surface area contributed by atoms with Crippen LogP contribution in [0.25, 0.3) is 10.9 Å². The highest BCUT2D eigenvalue weighted by molar-refractivity contribution is 6.03. The van der Waals surface area contributed by atoms with Gasteiger partial charge < -0.3 is 14.8 Å². The molecule has 0 bridgehead atoms. The SMILES string of the molecule is CC(Nc1cc(C(=O)O)c2ccccc2n1)c1ccco1. The number of nitrogens with zero attached hydrogens (tertiary/aromatic N) is 1. The van der Waals surface area contributed by atoms with Crippen molar-refractivity contribution in [2.75, 3.05) is 5.32 Å². The molecule has 0 radical (unpaired) electrons. The van der Waals surface area contributed by atoms with Crippen molar-refractivity contribution < 1.29 is 14.3 Å². The Balaban J connectivity index is 2.01. The standard InChI is InChI=1S/C16H14N2O3/c1-10(14-7-4-8-21-14)17-15-9-12(16(19)20)11-5-2-3-6-13(11)18-15/h2-10H,1H3,(H,17,18)(H,19,20). The smallest absolute Gasteiger partial charge is 0.336 e. The summed E-state index contributed by atoms with van der Waals surface area (Å²) in [5.41, 5.74) is 0.876. The highest BCUT2D eigenvalue weighted by Gasteiger charge is 2.14. The van der Waals surface area contributed by atoms with Gasteiger partial charge in [0.15, 0.2) is 0 Å². The number of rotatable bonds is 4. The van der Waals surface area contributed by atoms with Crippen LogP contribution in [0, 0.1) is 0 Å². The quantitative estimate of drug-likeness (QED) is 0.763. The number of anilines is 1. The van der Waals surface area contributed by atoms with Crippen LogP contribution in [0.15, 0.2) is 53.1 Å². The second-order valence-electron chi connectivity index (χ2n) is 4.76. The van der Waals surface area contributed by atoms with Crippen molar-refractivity contribution in [3.63, 3.8) is 0 Å². The Morgan fingerprint density at radius 3 is 2.81 bits per heavy atom. The molecular weight excluding hydrogens is 268 g/mol. The summed E-state index contributed by atoms with van der Waals surface area (Å²) in [6, 6.07) is 12.3. The molecule has 0 spiro atoms. The zero-order valence-corrected chi connectivity index (χ0v) is 11.4. The minimum absolute atomic E-state index is 0.102. The van der Waals surface area contributed by atoms with Gasteiger partial charge in [-0.05, 0) is 31.2 Å². The molecule has 1 aromatic carbocycles. The third-order valence-corrected chi connectivity index (χ3v) is 3.28. The van der Waals surface area contributed by atoms with Crippen LogP contribution in [-0.2, 0) is 0 Å². The first-order valence-corrected chi connectivity index (χ1v) is 6.58. The number of aromatic carboxylic acids is 1. The first-order valence-electron chi connectivity index (χ1n) is 6.58. The van der Waals surface area contributed by atoms with Crippen LogP contribution in [0.4, 0.5) is 5.82 Å². The van der Waals surface area contributed by atoms with E-state index in [1.807, 2.05) is 25.1 Å². The molecule has 3 aromatic rings. The Morgan fingerprint density at radius 2 is 2.10 bits per heavy atom. The predicted octanol–water partition coefficient (Wildman–Crippen LogP) is 3.70. The Hall–Kier alpha value is -2.82. The average molecular weight is 282 g/mol. The highest BCUT2D eigenvalue weighted by Crippen LogP contribution is 2.24. The molecule has 0 aliphatic rings. The van der Waals surface area contributed by atoms with E-state index < -0.39 is 5.97 Å². The Labute approximate surface area is 121 Å². The summed E-state index contributed by atoms with van der Waals surface area (Å²) in [6.07, 6.45) is 1.60. The lowest BCUT2D eigenvalue weighted by Gasteiger charge is -2.13. The van der Waals surface area contributed by atoms with E-state index in [1.165, 1.54) is 0 Å². The van der Waals surface area contributed by atoms with Crippen molar-refractivity contribution in [1.29, 1.82) is 0 Å². The molecule has 0 aliphatic carbocycles. The lowest BCUT2D eigenvalue weighted by atomic mass is 10.1. The molecule has 106 valence electrons. The summed E-state index contributed by atoms with van der Waals surface area (Å²) in [7, 11) is 0. The number of carboxylic acid groups (broad SMARTS) is 1. The second kappa shape index (κ2) is 5.28. The third-order valence-electron chi connectivity index (χ3n) is 3.28. The van der Waals surface area contributed by atoms with E-state index in [9.17, 15) is 9.90 Å². The number of nitrogens with one attached hydrogen (secondary N) is 1. The number of hydrogen-bond acceptors (Lipinski definition) is 4. The maximum atomic E-state index is 11.4. The molecule has 2 N–H and O–H groups in total. The van der Waals surface area contributed by atoms with Crippen LogP contribution in [0.1, 0.15) is 29.1 Å². The van der Waals surface area contributed by atoms with E-state index in [-0.39, 0.29) is 11.6 Å². The number of furan rings is 1. The minimum Gasteiger partial charge on any atom is -0.478 e. The molecular formula is C16H14N2O3. The molecule has 0 fully saturated rings. The number of pyridine rings is 1. The molecule has 2 aromatic heterocycles. The zero-order valence-electron chi connectivity index (χ0n) is 11.4. The number of para-hydroxylation sites is 1. The number of fused-ring (bicyclic) bond motifs is 1. The van der Waals surface area contributed by atoms with Gasteiger partial charge >= 0.3 is 5.97 Å². The van der Waals surface area contributed by atoms with Crippen molar-refractivity contribution in [3.8, 4) is 0 Å². The average Bonchev–Trinajstić information content (AvgIpc) is 3.00.